The second-order valence-corrected chi connectivity index (χ2v) is 3.66. The molecular weight excluding hydrogens is 217 g/mol. The first-order valence-corrected chi connectivity index (χ1v) is 4.78. The predicted octanol–water partition coefficient (Wildman–Crippen LogP) is 2.58. The van der Waals surface area contributed by atoms with Crippen LogP contribution in [-0.2, 0) is 7.05 Å². The van der Waals surface area contributed by atoms with Crippen molar-refractivity contribution in [1.82, 2.24) is 14.8 Å². The summed E-state index contributed by atoms with van der Waals surface area (Å²) in [6.07, 6.45) is 3.29. The summed E-state index contributed by atoms with van der Waals surface area (Å²) in [7, 11) is 1.79. The van der Waals surface area contributed by atoms with E-state index in [0.29, 0.717) is 11.3 Å². The highest BCUT2D eigenvalue weighted by Crippen LogP contribution is 2.26. The van der Waals surface area contributed by atoms with E-state index in [4.69, 9.17) is 11.6 Å². The highest BCUT2D eigenvalue weighted by Gasteiger charge is 2.14. The lowest BCUT2D eigenvalue weighted by Gasteiger charge is -2.01. The number of hydrogen-bond donors (Lipinski definition) is 0. The van der Waals surface area contributed by atoms with Gasteiger partial charge in [0.1, 0.15) is 0 Å². The average Bonchev–Trinajstić information content (AvgIpc) is 2.50. The molecular formula is C10H9ClFN3. The Morgan fingerprint density at radius 1 is 1.47 bits per heavy atom. The molecule has 0 amide bonds. The first-order chi connectivity index (χ1) is 7.09. The van der Waals surface area contributed by atoms with Crippen LogP contribution in [0.15, 0.2) is 18.5 Å². The van der Waals surface area contributed by atoms with E-state index in [-0.39, 0.29) is 5.15 Å². The van der Waals surface area contributed by atoms with E-state index in [1.807, 2.05) is 13.1 Å². The van der Waals surface area contributed by atoms with Gasteiger partial charge in [-0.15, -0.1) is 0 Å². The van der Waals surface area contributed by atoms with Gasteiger partial charge in [0.2, 0.25) is 0 Å². The van der Waals surface area contributed by atoms with Crippen molar-refractivity contribution < 1.29 is 4.39 Å². The van der Waals surface area contributed by atoms with E-state index < -0.39 is 5.82 Å². The van der Waals surface area contributed by atoms with E-state index in [2.05, 4.69) is 10.1 Å². The van der Waals surface area contributed by atoms with Gasteiger partial charge in [-0.25, -0.2) is 9.37 Å². The molecule has 15 heavy (non-hydrogen) atoms. The summed E-state index contributed by atoms with van der Waals surface area (Å²) < 4.78 is 15.3. The average molecular weight is 226 g/mol. The van der Waals surface area contributed by atoms with Crippen molar-refractivity contribution in [1.29, 1.82) is 0 Å². The molecule has 0 atom stereocenters. The maximum Gasteiger partial charge on any atom is 0.169 e. The third-order valence-corrected chi connectivity index (χ3v) is 2.38. The summed E-state index contributed by atoms with van der Waals surface area (Å²) in [5, 5.41) is 4.05. The van der Waals surface area contributed by atoms with Gasteiger partial charge < -0.3 is 0 Å². The zero-order valence-electron chi connectivity index (χ0n) is 8.33. The zero-order valence-corrected chi connectivity index (χ0v) is 9.09. The molecule has 0 radical (unpaired) electrons. The maximum absolute atomic E-state index is 13.6. The van der Waals surface area contributed by atoms with Gasteiger partial charge in [0.05, 0.1) is 5.69 Å². The molecule has 0 saturated carbocycles. The fraction of sp³-hybridized carbons (Fsp3) is 0.200. The fourth-order valence-corrected chi connectivity index (χ4v) is 1.63. The monoisotopic (exact) mass is 225 g/mol. The molecule has 78 valence electrons. The Hall–Kier alpha value is -1.42. The fourth-order valence-electron chi connectivity index (χ4n) is 1.47. The number of aryl methyl sites for hydroxylation is 2. The van der Waals surface area contributed by atoms with Crippen LogP contribution in [0.5, 0.6) is 0 Å². The van der Waals surface area contributed by atoms with Crippen molar-refractivity contribution in [2.45, 2.75) is 6.92 Å². The maximum atomic E-state index is 13.6. The van der Waals surface area contributed by atoms with Crippen LogP contribution in [0.25, 0.3) is 11.3 Å². The molecule has 2 aromatic heterocycles. The summed E-state index contributed by atoms with van der Waals surface area (Å²) in [6, 6.07) is 1.57. The number of aromatic nitrogens is 3. The van der Waals surface area contributed by atoms with Crippen molar-refractivity contribution >= 4 is 11.6 Å². The molecule has 0 aliphatic rings. The van der Waals surface area contributed by atoms with Crippen LogP contribution in [0.2, 0.25) is 5.15 Å². The largest absolute Gasteiger partial charge is 0.275 e. The van der Waals surface area contributed by atoms with Gasteiger partial charge in [-0.1, -0.05) is 11.6 Å². The summed E-state index contributed by atoms with van der Waals surface area (Å²) >= 11 is 5.60. The van der Waals surface area contributed by atoms with Gasteiger partial charge >= 0.3 is 0 Å². The Bertz CT molecular complexity index is 507. The Morgan fingerprint density at radius 2 is 2.20 bits per heavy atom. The second kappa shape index (κ2) is 3.62. The molecule has 0 bridgehead atoms. The summed E-state index contributed by atoms with van der Waals surface area (Å²) in [6.45, 7) is 1.87. The minimum absolute atomic E-state index is 0.127. The summed E-state index contributed by atoms with van der Waals surface area (Å²) in [4.78, 5) is 3.66. The SMILES string of the molecule is Cc1cn(C)nc1-c1ccnc(Cl)c1F. The van der Waals surface area contributed by atoms with Crippen LogP contribution in [-0.4, -0.2) is 14.8 Å². The zero-order chi connectivity index (χ0) is 11.0. The second-order valence-electron chi connectivity index (χ2n) is 3.30. The molecule has 5 heteroatoms. The Labute approximate surface area is 91.5 Å². The highest BCUT2D eigenvalue weighted by atomic mass is 35.5. The standard InChI is InChI=1S/C10H9ClFN3/c1-6-5-15(2)14-9(6)7-3-4-13-10(11)8(7)12/h3-5H,1-2H3. The molecule has 0 aliphatic carbocycles. The highest BCUT2D eigenvalue weighted by molar-refractivity contribution is 6.29. The molecule has 2 heterocycles. The van der Waals surface area contributed by atoms with E-state index in [1.54, 1.807) is 17.8 Å². The molecule has 0 N–H and O–H groups in total. The number of pyridine rings is 1. The van der Waals surface area contributed by atoms with Crippen LogP contribution in [0.3, 0.4) is 0 Å². The molecule has 0 unspecified atom stereocenters. The van der Waals surface area contributed by atoms with Gasteiger partial charge in [-0.3, -0.25) is 4.68 Å². The van der Waals surface area contributed by atoms with Gasteiger partial charge in [-0.2, -0.15) is 5.10 Å². The number of nitrogens with zero attached hydrogens (tertiary/aromatic N) is 3. The molecule has 2 aromatic rings. The minimum Gasteiger partial charge on any atom is -0.275 e. The topological polar surface area (TPSA) is 30.7 Å². The van der Waals surface area contributed by atoms with Crippen molar-refractivity contribution in [2.24, 2.45) is 7.05 Å². The normalized spacial score (nSPS) is 10.7. The number of hydrogen-bond acceptors (Lipinski definition) is 2. The van der Waals surface area contributed by atoms with Crippen LogP contribution in [0, 0.1) is 12.7 Å². The molecule has 0 saturated heterocycles. The third-order valence-electron chi connectivity index (χ3n) is 2.11. The van der Waals surface area contributed by atoms with E-state index in [1.165, 1.54) is 6.20 Å². The number of rotatable bonds is 1. The van der Waals surface area contributed by atoms with Crippen molar-refractivity contribution in [3.8, 4) is 11.3 Å². The molecule has 2 rings (SSSR count). The van der Waals surface area contributed by atoms with Gasteiger partial charge in [0.25, 0.3) is 0 Å². The van der Waals surface area contributed by atoms with E-state index >= 15 is 0 Å². The quantitative estimate of drug-likeness (QED) is 0.699. The van der Waals surface area contributed by atoms with Crippen LogP contribution < -0.4 is 0 Å². The lowest BCUT2D eigenvalue weighted by Crippen LogP contribution is -1.92. The van der Waals surface area contributed by atoms with E-state index in [9.17, 15) is 4.39 Å². The lowest BCUT2D eigenvalue weighted by atomic mass is 10.1. The van der Waals surface area contributed by atoms with Gasteiger partial charge in [-0.05, 0) is 18.6 Å². The Kier molecular flexibility index (Phi) is 2.44. The molecule has 0 aromatic carbocycles. The van der Waals surface area contributed by atoms with E-state index in [0.717, 1.165) is 5.56 Å². The smallest absolute Gasteiger partial charge is 0.169 e. The predicted molar refractivity (Wildman–Crippen MR) is 56.1 cm³/mol. The summed E-state index contributed by atoms with van der Waals surface area (Å²) in [5.74, 6) is -0.527. The van der Waals surface area contributed by atoms with Crippen LogP contribution in [0.4, 0.5) is 4.39 Å². The van der Waals surface area contributed by atoms with Crippen molar-refractivity contribution in [3.63, 3.8) is 0 Å². The molecule has 0 fully saturated rings. The van der Waals surface area contributed by atoms with Crippen LogP contribution >= 0.6 is 11.6 Å². The third kappa shape index (κ3) is 1.72. The Balaban J connectivity index is 2.64. The van der Waals surface area contributed by atoms with Crippen molar-refractivity contribution in [2.75, 3.05) is 0 Å². The summed E-state index contributed by atoms with van der Waals surface area (Å²) in [5.41, 5.74) is 1.88. The van der Waals surface area contributed by atoms with Gasteiger partial charge in [0.15, 0.2) is 11.0 Å². The van der Waals surface area contributed by atoms with Crippen molar-refractivity contribution in [3.05, 3.63) is 35.0 Å². The molecule has 0 aliphatic heterocycles. The first-order valence-electron chi connectivity index (χ1n) is 4.40. The number of halogens is 2. The minimum atomic E-state index is -0.527. The molecule has 0 spiro atoms. The first kappa shape index (κ1) is 10.1. The Morgan fingerprint density at radius 3 is 2.80 bits per heavy atom. The van der Waals surface area contributed by atoms with Gasteiger partial charge in [0, 0.05) is 25.0 Å². The lowest BCUT2D eigenvalue weighted by molar-refractivity contribution is 0.624. The van der Waals surface area contributed by atoms with Crippen LogP contribution in [0.1, 0.15) is 5.56 Å². The molecule has 3 nitrogen and oxygen atoms in total.